The van der Waals surface area contributed by atoms with E-state index in [4.69, 9.17) is 4.74 Å². The van der Waals surface area contributed by atoms with Gasteiger partial charge in [0.15, 0.2) is 17.2 Å². The van der Waals surface area contributed by atoms with E-state index in [9.17, 15) is 14.4 Å². The van der Waals surface area contributed by atoms with Gasteiger partial charge in [-0.25, -0.2) is 0 Å². The molecule has 2 fully saturated rings. The molecule has 4 nitrogen and oxygen atoms in total. The maximum Gasteiger partial charge on any atom is 0.303 e. The Kier molecular flexibility index (Phi) is 5.69. The Labute approximate surface area is 202 Å². The third kappa shape index (κ3) is 3.36. The van der Waals surface area contributed by atoms with Crippen LogP contribution >= 0.6 is 0 Å². The van der Waals surface area contributed by atoms with E-state index < -0.39 is 11.0 Å². The topological polar surface area (TPSA) is 60.4 Å². The minimum Gasteiger partial charge on any atom is -0.451 e. The molecule has 1 aromatic rings. The highest BCUT2D eigenvalue weighted by Crippen LogP contribution is 2.67. The molecule has 0 N–H and O–H groups in total. The van der Waals surface area contributed by atoms with Crippen LogP contribution in [0.15, 0.2) is 47.1 Å². The van der Waals surface area contributed by atoms with Gasteiger partial charge in [0, 0.05) is 24.7 Å². The molecule has 0 bridgehead atoms. The van der Waals surface area contributed by atoms with E-state index in [0.717, 1.165) is 38.5 Å². The molecular formula is C30H36O4. The lowest BCUT2D eigenvalue weighted by molar-refractivity contribution is -0.182. The molecule has 0 saturated heterocycles. The van der Waals surface area contributed by atoms with E-state index in [1.165, 1.54) is 34.8 Å². The van der Waals surface area contributed by atoms with Gasteiger partial charge in [-0.1, -0.05) is 43.7 Å². The van der Waals surface area contributed by atoms with Crippen LogP contribution in [0.3, 0.4) is 0 Å². The van der Waals surface area contributed by atoms with Crippen molar-refractivity contribution in [1.82, 2.24) is 0 Å². The predicted octanol–water partition coefficient (Wildman–Crippen LogP) is 6.04. The molecule has 5 rings (SSSR count). The number of allylic oxidation sites excluding steroid dienone is 4. The van der Waals surface area contributed by atoms with Crippen LogP contribution in [0.25, 0.3) is 0 Å². The van der Waals surface area contributed by atoms with E-state index >= 15 is 0 Å². The number of aryl methyl sites for hydroxylation is 1. The fourth-order valence-electron chi connectivity index (χ4n) is 8.00. The summed E-state index contributed by atoms with van der Waals surface area (Å²) < 4.78 is 5.99. The highest BCUT2D eigenvalue weighted by atomic mass is 16.6. The summed E-state index contributed by atoms with van der Waals surface area (Å²) >= 11 is 0. The number of rotatable bonds is 4. The average molecular weight is 461 g/mol. The van der Waals surface area contributed by atoms with Gasteiger partial charge in [-0.05, 0) is 92.1 Å². The van der Waals surface area contributed by atoms with Crippen molar-refractivity contribution in [2.75, 3.05) is 0 Å². The minimum absolute atomic E-state index is 0.0245. The molecule has 0 amide bonds. The van der Waals surface area contributed by atoms with Crippen LogP contribution in [0.1, 0.15) is 89.7 Å². The summed E-state index contributed by atoms with van der Waals surface area (Å²) in [5, 5.41) is 0. The Morgan fingerprint density at radius 3 is 2.44 bits per heavy atom. The maximum absolute atomic E-state index is 13.2. The van der Waals surface area contributed by atoms with Gasteiger partial charge in [-0.3, -0.25) is 14.4 Å². The number of ether oxygens (including phenoxy) is 1. The second kappa shape index (κ2) is 8.32. The zero-order valence-corrected chi connectivity index (χ0v) is 20.9. The summed E-state index contributed by atoms with van der Waals surface area (Å²) in [5.41, 5.74) is 5.24. The third-order valence-corrected chi connectivity index (χ3v) is 9.53. The molecule has 2 saturated carbocycles. The first kappa shape index (κ1) is 23.3. The number of Topliss-reactive ketones (excluding diaryl/α,β-unsaturated/α-hetero) is 1. The van der Waals surface area contributed by atoms with E-state index in [1.54, 1.807) is 6.92 Å². The van der Waals surface area contributed by atoms with Crippen LogP contribution in [0, 0.1) is 17.3 Å². The fourth-order valence-corrected chi connectivity index (χ4v) is 8.00. The molecule has 0 radical (unpaired) electrons. The summed E-state index contributed by atoms with van der Waals surface area (Å²) in [6.07, 6.45) is 8.49. The lowest BCUT2D eigenvalue weighted by atomic mass is 9.50. The van der Waals surface area contributed by atoms with Crippen LogP contribution in [0.5, 0.6) is 0 Å². The first-order valence-electron chi connectivity index (χ1n) is 13.0. The predicted molar refractivity (Wildman–Crippen MR) is 131 cm³/mol. The first-order chi connectivity index (χ1) is 16.2. The summed E-state index contributed by atoms with van der Waals surface area (Å²) in [5.74, 6) is 0.661. The van der Waals surface area contributed by atoms with Crippen molar-refractivity contribution in [3.8, 4) is 0 Å². The number of ketones is 2. The highest BCUT2D eigenvalue weighted by Gasteiger charge is 2.67. The van der Waals surface area contributed by atoms with Crippen molar-refractivity contribution >= 4 is 17.5 Å². The van der Waals surface area contributed by atoms with Crippen molar-refractivity contribution in [2.45, 2.75) is 90.6 Å². The zero-order valence-electron chi connectivity index (χ0n) is 20.9. The minimum atomic E-state index is -1.06. The average Bonchev–Trinajstić information content (AvgIpc) is 3.10. The molecule has 0 spiro atoms. The van der Waals surface area contributed by atoms with Crippen molar-refractivity contribution in [2.24, 2.45) is 17.3 Å². The van der Waals surface area contributed by atoms with E-state index in [-0.39, 0.29) is 23.5 Å². The van der Waals surface area contributed by atoms with Gasteiger partial charge in [0.05, 0.1) is 0 Å². The largest absolute Gasteiger partial charge is 0.451 e. The second-order valence-corrected chi connectivity index (χ2v) is 11.1. The molecule has 180 valence electrons. The molecule has 34 heavy (non-hydrogen) atoms. The van der Waals surface area contributed by atoms with Gasteiger partial charge in [0.2, 0.25) is 0 Å². The number of carbonyl (C=O) groups excluding carboxylic acids is 3. The van der Waals surface area contributed by atoms with Gasteiger partial charge in [0.25, 0.3) is 0 Å². The summed E-state index contributed by atoms with van der Waals surface area (Å²) in [7, 11) is 0. The molecule has 5 atom stereocenters. The van der Waals surface area contributed by atoms with E-state index in [0.29, 0.717) is 24.7 Å². The number of hydrogen-bond acceptors (Lipinski definition) is 4. The first-order valence-corrected chi connectivity index (χ1v) is 13.0. The summed E-state index contributed by atoms with van der Waals surface area (Å²) in [6.45, 7) is 7.40. The third-order valence-electron chi connectivity index (χ3n) is 9.53. The van der Waals surface area contributed by atoms with Gasteiger partial charge in [-0.2, -0.15) is 0 Å². The van der Waals surface area contributed by atoms with E-state index in [1.807, 2.05) is 6.08 Å². The summed E-state index contributed by atoms with van der Waals surface area (Å²) in [6, 6.07) is 8.93. The molecule has 1 aromatic carbocycles. The number of hydrogen-bond donors (Lipinski definition) is 0. The lowest BCUT2D eigenvalue weighted by Gasteiger charge is -2.55. The Morgan fingerprint density at radius 1 is 1.06 bits per heavy atom. The molecule has 4 aliphatic rings. The van der Waals surface area contributed by atoms with Crippen LogP contribution in [-0.4, -0.2) is 23.1 Å². The SMILES string of the molecule is CCc1ccc(C2C[C@@]3(C)C(CC[C@]3(OC(C)=O)C(C)=O)C3CCC4=CC(=O)CCC4=C23)cc1. The molecule has 0 heterocycles. The molecule has 0 aromatic heterocycles. The maximum atomic E-state index is 13.2. The van der Waals surface area contributed by atoms with Crippen LogP contribution in [0.4, 0.5) is 0 Å². The standard InChI is InChI=1S/C30H36O4/c1-5-20-6-8-21(9-7-20)26-17-29(4)27(14-15-30(29,18(2)31)34-19(3)32)25-12-10-22-16-23(33)11-13-24(22)28(25)26/h6-9,16,25-27H,5,10-15,17H2,1-4H3/t25?,26?,27?,29-,30-/m0/s1. The number of carbonyl (C=O) groups is 3. The molecular weight excluding hydrogens is 424 g/mol. The quantitative estimate of drug-likeness (QED) is 0.514. The second-order valence-electron chi connectivity index (χ2n) is 11.1. The number of fused-ring (bicyclic) bond motifs is 4. The normalized spacial score (nSPS) is 34.6. The number of esters is 1. The number of benzene rings is 1. The lowest BCUT2D eigenvalue weighted by Crippen LogP contribution is -2.57. The van der Waals surface area contributed by atoms with Crippen molar-refractivity contribution in [3.63, 3.8) is 0 Å². The van der Waals surface area contributed by atoms with E-state index in [2.05, 4.69) is 38.1 Å². The smallest absolute Gasteiger partial charge is 0.303 e. The molecule has 3 unspecified atom stereocenters. The monoisotopic (exact) mass is 460 g/mol. The fraction of sp³-hybridized carbons (Fsp3) is 0.567. The van der Waals surface area contributed by atoms with Gasteiger partial charge in [-0.15, -0.1) is 0 Å². The van der Waals surface area contributed by atoms with Crippen molar-refractivity contribution < 1.29 is 19.1 Å². The van der Waals surface area contributed by atoms with Gasteiger partial charge >= 0.3 is 5.97 Å². The molecule has 0 aliphatic heterocycles. The molecule has 4 aliphatic carbocycles. The molecule has 4 heteroatoms. The Bertz CT molecular complexity index is 1110. The van der Waals surface area contributed by atoms with Gasteiger partial charge in [0.1, 0.15) is 0 Å². The van der Waals surface area contributed by atoms with Crippen LogP contribution < -0.4 is 0 Å². The van der Waals surface area contributed by atoms with Crippen LogP contribution in [-0.2, 0) is 25.5 Å². The van der Waals surface area contributed by atoms with Crippen molar-refractivity contribution in [3.05, 3.63) is 58.2 Å². The Balaban J connectivity index is 1.69. The highest BCUT2D eigenvalue weighted by molar-refractivity contribution is 5.93. The Morgan fingerprint density at radius 2 is 1.79 bits per heavy atom. The zero-order chi connectivity index (χ0) is 24.3. The van der Waals surface area contributed by atoms with Crippen LogP contribution in [0.2, 0.25) is 0 Å². The van der Waals surface area contributed by atoms with Crippen molar-refractivity contribution in [1.29, 1.82) is 0 Å². The summed E-state index contributed by atoms with van der Waals surface area (Å²) in [4.78, 5) is 37.6. The van der Waals surface area contributed by atoms with Gasteiger partial charge < -0.3 is 4.74 Å². The Hall–Kier alpha value is -2.49.